The van der Waals surface area contributed by atoms with Crippen LogP contribution in [0.2, 0.25) is 0 Å². The van der Waals surface area contributed by atoms with Crippen molar-refractivity contribution in [2.45, 2.75) is 72.4 Å². The molecule has 0 bridgehead atoms. The highest BCUT2D eigenvalue weighted by Gasteiger charge is 2.13. The molecule has 38 heavy (non-hydrogen) atoms. The number of fused-ring (bicyclic) bond motifs is 1. The highest BCUT2D eigenvalue weighted by atomic mass is 16.5. The van der Waals surface area contributed by atoms with Gasteiger partial charge in [-0.2, -0.15) is 0 Å². The molecule has 0 saturated carbocycles. The summed E-state index contributed by atoms with van der Waals surface area (Å²) >= 11 is 0. The van der Waals surface area contributed by atoms with E-state index in [-0.39, 0.29) is 6.04 Å². The number of imidazole rings is 1. The van der Waals surface area contributed by atoms with E-state index >= 15 is 0 Å². The second-order valence-electron chi connectivity index (χ2n) is 10.3. The van der Waals surface area contributed by atoms with Crippen LogP contribution in [-0.2, 0) is 0 Å². The summed E-state index contributed by atoms with van der Waals surface area (Å²) in [6.07, 6.45) is 9.52. The lowest BCUT2D eigenvalue weighted by atomic mass is 10.0. The van der Waals surface area contributed by atoms with E-state index in [2.05, 4.69) is 67.3 Å². The maximum atomic E-state index is 6.07. The predicted molar refractivity (Wildman–Crippen MR) is 160 cm³/mol. The average molecular weight is 520 g/mol. The number of hydrogen-bond donors (Lipinski definition) is 3. The van der Waals surface area contributed by atoms with Gasteiger partial charge >= 0.3 is 0 Å². The van der Waals surface area contributed by atoms with Crippen molar-refractivity contribution in [3.8, 4) is 5.75 Å². The van der Waals surface area contributed by atoms with Gasteiger partial charge in [-0.3, -0.25) is 9.98 Å². The molecule has 0 spiro atoms. The first-order valence-electron chi connectivity index (χ1n) is 13.6. The number of aliphatic imine (C=N–C) groups is 2. The monoisotopic (exact) mass is 519 g/mol. The smallest absolute Gasteiger partial charge is 0.152 e. The van der Waals surface area contributed by atoms with Gasteiger partial charge in [0.1, 0.15) is 11.5 Å². The highest BCUT2D eigenvalue weighted by molar-refractivity contribution is 5.98. The number of aromatic amines is 1. The van der Waals surface area contributed by atoms with Gasteiger partial charge < -0.3 is 25.3 Å². The number of ether oxygens (including phenoxy) is 1. The highest BCUT2D eigenvalue weighted by Crippen LogP contribution is 2.24. The minimum atomic E-state index is 0.243. The lowest BCUT2D eigenvalue weighted by Gasteiger charge is -2.25. The fourth-order valence-corrected chi connectivity index (χ4v) is 4.46. The normalized spacial score (nSPS) is 18.0. The van der Waals surface area contributed by atoms with Crippen LogP contribution in [-0.4, -0.2) is 66.6 Å². The van der Waals surface area contributed by atoms with Crippen molar-refractivity contribution >= 4 is 23.0 Å². The molecule has 0 aliphatic carbocycles. The first-order valence-corrected chi connectivity index (χ1v) is 13.6. The number of dihydropyridines is 1. The molecule has 0 saturated heterocycles. The fourth-order valence-electron chi connectivity index (χ4n) is 4.46. The Morgan fingerprint density at radius 1 is 1.29 bits per heavy atom. The van der Waals surface area contributed by atoms with Crippen LogP contribution >= 0.6 is 0 Å². The van der Waals surface area contributed by atoms with Crippen LogP contribution in [0.4, 0.5) is 0 Å². The SMILES string of the molecule is CCC(C/C(C)=C(/CCNC)N/C(C)=C/N=C(C)c1nc2ccc(OC3=CC=N[C@H](C)C3)cc2[nH]1)N(C)C. The van der Waals surface area contributed by atoms with Crippen molar-refractivity contribution in [1.82, 2.24) is 25.5 Å². The van der Waals surface area contributed by atoms with Crippen LogP contribution in [0.1, 0.15) is 66.1 Å². The summed E-state index contributed by atoms with van der Waals surface area (Å²) in [6, 6.07) is 6.68. The van der Waals surface area contributed by atoms with E-state index in [0.29, 0.717) is 6.04 Å². The first kappa shape index (κ1) is 29.3. The summed E-state index contributed by atoms with van der Waals surface area (Å²) < 4.78 is 6.07. The predicted octanol–water partition coefficient (Wildman–Crippen LogP) is 5.56. The van der Waals surface area contributed by atoms with E-state index in [1.54, 1.807) is 0 Å². The zero-order chi connectivity index (χ0) is 27.7. The van der Waals surface area contributed by atoms with Gasteiger partial charge in [0.05, 0.1) is 22.8 Å². The Kier molecular flexibility index (Phi) is 10.9. The van der Waals surface area contributed by atoms with Crippen molar-refractivity contribution in [3.63, 3.8) is 0 Å². The summed E-state index contributed by atoms with van der Waals surface area (Å²) in [6.45, 7) is 11.5. The molecule has 1 aromatic carbocycles. The van der Waals surface area contributed by atoms with Gasteiger partial charge in [0.2, 0.25) is 0 Å². The van der Waals surface area contributed by atoms with Crippen LogP contribution in [0.5, 0.6) is 5.75 Å². The van der Waals surface area contributed by atoms with Crippen LogP contribution in [0.3, 0.4) is 0 Å². The van der Waals surface area contributed by atoms with Crippen LogP contribution in [0.25, 0.3) is 11.0 Å². The molecule has 2 aromatic rings. The zero-order valence-electron chi connectivity index (χ0n) is 24.4. The number of nitrogens with one attached hydrogen (secondary N) is 3. The van der Waals surface area contributed by atoms with E-state index in [4.69, 9.17) is 14.7 Å². The Morgan fingerprint density at radius 3 is 2.76 bits per heavy atom. The van der Waals surface area contributed by atoms with Crippen LogP contribution in [0, 0.1) is 0 Å². The van der Waals surface area contributed by atoms with Gasteiger partial charge in [-0.05, 0) is 86.3 Å². The lowest BCUT2D eigenvalue weighted by Crippen LogP contribution is -2.28. The Hall–Kier alpha value is -3.23. The molecule has 8 nitrogen and oxygen atoms in total. The van der Waals surface area contributed by atoms with Crippen molar-refractivity contribution in [3.05, 3.63) is 59.0 Å². The Bertz CT molecular complexity index is 1230. The van der Waals surface area contributed by atoms with Gasteiger partial charge in [-0.25, -0.2) is 4.98 Å². The van der Waals surface area contributed by atoms with Gasteiger partial charge in [0.15, 0.2) is 5.82 Å². The Balaban J connectivity index is 1.73. The van der Waals surface area contributed by atoms with E-state index in [1.165, 1.54) is 11.3 Å². The molecule has 1 aliphatic heterocycles. The summed E-state index contributed by atoms with van der Waals surface area (Å²) in [5, 5.41) is 6.88. The largest absolute Gasteiger partial charge is 0.462 e. The standard InChI is InChI=1S/C30H45N7O/c1-9-24(37(7)8)16-20(2)27(13-14-31-6)34-22(4)19-33-23(5)30-35-28-11-10-25(18-29(28)36-30)38-26-12-15-32-21(3)17-26/h10-12,15,18-19,21,24,31,34H,9,13-14,16-17H2,1-8H3,(H,35,36)/b22-19+,27-20-,33-23?/t21-,24?/m1/s1. The summed E-state index contributed by atoms with van der Waals surface area (Å²) in [5.74, 6) is 2.45. The zero-order valence-corrected chi connectivity index (χ0v) is 24.4. The average Bonchev–Trinajstić information content (AvgIpc) is 3.31. The molecule has 0 radical (unpaired) electrons. The second kappa shape index (κ2) is 14.1. The molecule has 2 heterocycles. The third-order valence-corrected chi connectivity index (χ3v) is 6.83. The Morgan fingerprint density at radius 2 is 2.08 bits per heavy atom. The maximum Gasteiger partial charge on any atom is 0.152 e. The number of nitrogens with zero attached hydrogens (tertiary/aromatic N) is 4. The molecule has 2 atom stereocenters. The number of allylic oxidation sites excluding steroid dienone is 2. The van der Waals surface area contributed by atoms with Gasteiger partial charge in [-0.1, -0.05) is 12.5 Å². The molecular weight excluding hydrogens is 474 g/mol. The van der Waals surface area contributed by atoms with Crippen molar-refractivity contribution in [1.29, 1.82) is 0 Å². The minimum absolute atomic E-state index is 0.243. The van der Waals surface area contributed by atoms with Gasteiger partial charge in [-0.15, -0.1) is 0 Å². The maximum absolute atomic E-state index is 6.07. The number of hydrogen-bond acceptors (Lipinski definition) is 7. The molecule has 8 heteroatoms. The topological polar surface area (TPSA) is 89.9 Å². The van der Waals surface area contributed by atoms with Gasteiger partial charge in [0, 0.05) is 48.9 Å². The molecule has 1 unspecified atom stereocenters. The molecule has 1 aliphatic rings. The minimum Gasteiger partial charge on any atom is -0.462 e. The van der Waals surface area contributed by atoms with Crippen molar-refractivity contribution < 1.29 is 4.74 Å². The molecule has 0 amide bonds. The fraction of sp³-hybridized carbons (Fsp3) is 0.500. The van der Waals surface area contributed by atoms with Crippen LogP contribution < -0.4 is 15.4 Å². The van der Waals surface area contributed by atoms with Gasteiger partial charge in [0.25, 0.3) is 0 Å². The van der Waals surface area contributed by atoms with E-state index < -0.39 is 0 Å². The molecule has 206 valence electrons. The number of rotatable bonds is 13. The van der Waals surface area contributed by atoms with E-state index in [9.17, 15) is 0 Å². The first-order chi connectivity index (χ1) is 18.2. The van der Waals surface area contributed by atoms with Crippen LogP contribution in [0.15, 0.2) is 63.2 Å². The molecule has 3 rings (SSSR count). The quantitative estimate of drug-likeness (QED) is 0.301. The molecule has 1 aromatic heterocycles. The van der Waals surface area contributed by atoms with Crippen molar-refractivity contribution in [2.75, 3.05) is 27.7 Å². The number of H-pyrrole nitrogens is 1. The summed E-state index contributed by atoms with van der Waals surface area (Å²) in [5.41, 5.74) is 6.26. The third kappa shape index (κ3) is 8.39. The summed E-state index contributed by atoms with van der Waals surface area (Å²) in [7, 11) is 6.30. The molecule has 0 fully saturated rings. The van der Waals surface area contributed by atoms with E-state index in [1.807, 2.05) is 50.7 Å². The number of aromatic nitrogens is 2. The third-order valence-electron chi connectivity index (χ3n) is 6.83. The van der Waals surface area contributed by atoms with Crippen molar-refractivity contribution in [2.24, 2.45) is 9.98 Å². The lowest BCUT2D eigenvalue weighted by molar-refractivity contribution is 0.283. The number of benzene rings is 1. The Labute approximate surface area is 228 Å². The second-order valence-corrected chi connectivity index (χ2v) is 10.3. The van der Waals surface area contributed by atoms with E-state index in [0.717, 1.165) is 72.0 Å². The summed E-state index contributed by atoms with van der Waals surface area (Å²) in [4.78, 5) is 19.5. The molecular formula is C30H45N7O. The molecule has 3 N–H and O–H groups in total.